The van der Waals surface area contributed by atoms with Gasteiger partial charge in [0.1, 0.15) is 0 Å². The molecule has 1 amide bonds. The third kappa shape index (κ3) is 3.73. The second-order valence-electron chi connectivity index (χ2n) is 4.96. The highest BCUT2D eigenvalue weighted by molar-refractivity contribution is 8.13. The van der Waals surface area contributed by atoms with Gasteiger partial charge in [0.2, 0.25) is 0 Å². The van der Waals surface area contributed by atoms with E-state index in [1.165, 1.54) is 4.90 Å². The number of carbonyl (C=O) groups is 2. The molecule has 0 bridgehead atoms. The highest BCUT2D eigenvalue weighted by Crippen LogP contribution is 2.27. The van der Waals surface area contributed by atoms with Crippen LogP contribution in [0, 0.1) is 6.92 Å². The first-order chi connectivity index (χ1) is 9.99. The number of nitrogens with zero attached hydrogens (tertiary/aromatic N) is 1. The fourth-order valence-electron chi connectivity index (χ4n) is 1.84. The van der Waals surface area contributed by atoms with Crippen molar-refractivity contribution in [1.29, 1.82) is 0 Å². The predicted molar refractivity (Wildman–Crippen MR) is 86.0 cm³/mol. The lowest BCUT2D eigenvalue weighted by Crippen LogP contribution is -2.16. The maximum atomic E-state index is 12.6. The number of thioether (sulfide) groups is 1. The highest BCUT2D eigenvalue weighted by Gasteiger charge is 2.17. The third-order valence-corrected chi connectivity index (χ3v) is 4.09. The Hall–Kier alpha value is -2.07. The van der Waals surface area contributed by atoms with Crippen molar-refractivity contribution in [3.63, 3.8) is 0 Å². The van der Waals surface area contributed by atoms with Gasteiger partial charge in [0.15, 0.2) is 5.78 Å². The van der Waals surface area contributed by atoms with Gasteiger partial charge in [0, 0.05) is 30.1 Å². The molecule has 0 atom stereocenters. The van der Waals surface area contributed by atoms with Crippen molar-refractivity contribution >= 4 is 22.8 Å². The number of hydrogen-bond donors (Lipinski definition) is 0. The molecule has 3 nitrogen and oxygen atoms in total. The number of amides is 1. The summed E-state index contributed by atoms with van der Waals surface area (Å²) in [5.74, 6) is -0.0617. The lowest BCUT2D eigenvalue weighted by Gasteiger charge is -2.12. The fourth-order valence-corrected chi connectivity index (χ4v) is 2.61. The minimum atomic E-state index is -0.0963. The maximum Gasteiger partial charge on any atom is 0.285 e. The molecule has 0 N–H and O–H groups in total. The Balaban J connectivity index is 2.40. The van der Waals surface area contributed by atoms with Crippen molar-refractivity contribution in [3.8, 4) is 0 Å². The highest BCUT2D eigenvalue weighted by atomic mass is 32.2. The van der Waals surface area contributed by atoms with E-state index in [1.54, 1.807) is 26.2 Å². The standard InChI is InChI=1S/C17H17NO2S/c1-12-9-10-15(21-17(20)18(2)3)14(11-12)16(19)13-7-5-4-6-8-13/h4-11H,1-3H3. The van der Waals surface area contributed by atoms with E-state index in [4.69, 9.17) is 0 Å². The molecule has 0 fully saturated rings. The zero-order valence-electron chi connectivity index (χ0n) is 12.3. The van der Waals surface area contributed by atoms with Gasteiger partial charge in [0.25, 0.3) is 5.24 Å². The maximum absolute atomic E-state index is 12.6. The Labute approximate surface area is 129 Å². The van der Waals surface area contributed by atoms with Crippen LogP contribution < -0.4 is 0 Å². The van der Waals surface area contributed by atoms with Gasteiger partial charge in [-0.25, -0.2) is 0 Å². The summed E-state index contributed by atoms with van der Waals surface area (Å²) in [4.78, 5) is 26.7. The van der Waals surface area contributed by atoms with Gasteiger partial charge >= 0.3 is 0 Å². The SMILES string of the molecule is Cc1ccc(SC(=O)N(C)C)c(C(=O)c2ccccc2)c1. The second-order valence-corrected chi connectivity index (χ2v) is 5.95. The molecule has 4 heteroatoms. The van der Waals surface area contributed by atoms with Crippen LogP contribution in [0.1, 0.15) is 21.5 Å². The van der Waals surface area contributed by atoms with E-state index in [-0.39, 0.29) is 11.0 Å². The van der Waals surface area contributed by atoms with E-state index in [1.807, 2.05) is 43.3 Å². The number of benzene rings is 2. The van der Waals surface area contributed by atoms with Crippen LogP contribution in [0.2, 0.25) is 0 Å². The minimum Gasteiger partial charge on any atom is -0.339 e. The average molecular weight is 299 g/mol. The number of aryl methyl sites for hydroxylation is 1. The summed E-state index contributed by atoms with van der Waals surface area (Å²) >= 11 is 1.08. The molecule has 2 aromatic carbocycles. The monoisotopic (exact) mass is 299 g/mol. The summed E-state index contributed by atoms with van der Waals surface area (Å²) in [7, 11) is 3.39. The number of ketones is 1. The van der Waals surface area contributed by atoms with Gasteiger partial charge < -0.3 is 4.90 Å². The van der Waals surface area contributed by atoms with Gasteiger partial charge in [-0.1, -0.05) is 42.0 Å². The van der Waals surface area contributed by atoms with Crippen molar-refractivity contribution < 1.29 is 9.59 Å². The molecule has 0 radical (unpaired) electrons. The van der Waals surface area contributed by atoms with Crippen LogP contribution in [-0.2, 0) is 0 Å². The minimum absolute atomic E-state index is 0.0617. The summed E-state index contributed by atoms with van der Waals surface area (Å²) in [6, 6.07) is 14.7. The summed E-state index contributed by atoms with van der Waals surface area (Å²) in [6.07, 6.45) is 0. The van der Waals surface area contributed by atoms with Crippen LogP contribution in [0.15, 0.2) is 53.4 Å². The van der Waals surface area contributed by atoms with Crippen molar-refractivity contribution in [2.75, 3.05) is 14.1 Å². The molecule has 0 saturated carbocycles. The normalized spacial score (nSPS) is 10.2. The Kier molecular flexibility index (Phi) is 4.81. The van der Waals surface area contributed by atoms with Crippen LogP contribution in [0.4, 0.5) is 4.79 Å². The first-order valence-corrected chi connectivity index (χ1v) is 7.40. The molecule has 0 aliphatic carbocycles. The molecule has 0 heterocycles. The van der Waals surface area contributed by atoms with Gasteiger partial charge in [-0.05, 0) is 30.8 Å². The van der Waals surface area contributed by atoms with E-state index in [0.717, 1.165) is 17.3 Å². The number of hydrogen-bond acceptors (Lipinski definition) is 3. The van der Waals surface area contributed by atoms with E-state index in [9.17, 15) is 9.59 Å². The van der Waals surface area contributed by atoms with Gasteiger partial charge in [-0.2, -0.15) is 0 Å². The summed E-state index contributed by atoms with van der Waals surface area (Å²) < 4.78 is 0. The lowest BCUT2D eigenvalue weighted by molar-refractivity contribution is 0.103. The Morgan fingerprint density at radius 1 is 1.00 bits per heavy atom. The van der Waals surface area contributed by atoms with Crippen molar-refractivity contribution in [3.05, 3.63) is 65.2 Å². The predicted octanol–water partition coefficient (Wildman–Crippen LogP) is 4.00. The molecule has 21 heavy (non-hydrogen) atoms. The van der Waals surface area contributed by atoms with E-state index in [2.05, 4.69) is 0 Å². The second kappa shape index (κ2) is 6.59. The van der Waals surface area contributed by atoms with Crippen LogP contribution in [-0.4, -0.2) is 30.0 Å². The van der Waals surface area contributed by atoms with Crippen LogP contribution in [0.25, 0.3) is 0 Å². The molecular weight excluding hydrogens is 282 g/mol. The zero-order valence-corrected chi connectivity index (χ0v) is 13.1. The first kappa shape index (κ1) is 15.3. The smallest absolute Gasteiger partial charge is 0.285 e. The molecule has 2 aromatic rings. The average Bonchev–Trinajstić information content (AvgIpc) is 2.49. The molecule has 0 spiro atoms. The molecule has 108 valence electrons. The van der Waals surface area contributed by atoms with Crippen LogP contribution in [0.3, 0.4) is 0 Å². The van der Waals surface area contributed by atoms with E-state index < -0.39 is 0 Å². The Morgan fingerprint density at radius 2 is 1.67 bits per heavy atom. The van der Waals surface area contributed by atoms with Crippen molar-refractivity contribution in [1.82, 2.24) is 4.90 Å². The fraction of sp³-hybridized carbons (Fsp3) is 0.176. The van der Waals surface area contributed by atoms with Gasteiger partial charge in [-0.15, -0.1) is 0 Å². The molecule has 0 unspecified atom stereocenters. The Bertz CT molecular complexity index is 666. The zero-order chi connectivity index (χ0) is 15.4. The molecule has 0 aromatic heterocycles. The molecule has 0 aliphatic heterocycles. The molecular formula is C17H17NO2S. The van der Waals surface area contributed by atoms with Crippen LogP contribution in [0.5, 0.6) is 0 Å². The van der Waals surface area contributed by atoms with Gasteiger partial charge in [0.05, 0.1) is 0 Å². The summed E-state index contributed by atoms with van der Waals surface area (Å²) in [6.45, 7) is 1.93. The summed E-state index contributed by atoms with van der Waals surface area (Å²) in [5.41, 5.74) is 2.19. The van der Waals surface area contributed by atoms with Crippen molar-refractivity contribution in [2.45, 2.75) is 11.8 Å². The van der Waals surface area contributed by atoms with E-state index in [0.29, 0.717) is 16.0 Å². The molecule has 0 aliphatic rings. The number of carbonyl (C=O) groups excluding carboxylic acids is 2. The Morgan fingerprint density at radius 3 is 2.29 bits per heavy atom. The van der Waals surface area contributed by atoms with E-state index >= 15 is 0 Å². The van der Waals surface area contributed by atoms with Crippen LogP contribution >= 0.6 is 11.8 Å². The topological polar surface area (TPSA) is 37.4 Å². The lowest BCUT2D eigenvalue weighted by atomic mass is 10.0. The summed E-state index contributed by atoms with van der Waals surface area (Å²) in [5, 5.41) is -0.0963. The molecule has 2 rings (SSSR count). The quantitative estimate of drug-likeness (QED) is 0.635. The van der Waals surface area contributed by atoms with Gasteiger partial charge in [-0.3, -0.25) is 9.59 Å². The van der Waals surface area contributed by atoms with Crippen molar-refractivity contribution in [2.24, 2.45) is 0 Å². The third-order valence-electron chi connectivity index (χ3n) is 2.98. The molecule has 0 saturated heterocycles. The number of rotatable bonds is 3. The largest absolute Gasteiger partial charge is 0.339 e. The first-order valence-electron chi connectivity index (χ1n) is 6.58.